The molecule has 3 aromatic carbocycles. The minimum absolute atomic E-state index is 0.0427. The molecule has 172 valence electrons. The summed E-state index contributed by atoms with van der Waals surface area (Å²) >= 11 is 0. The van der Waals surface area contributed by atoms with Crippen molar-refractivity contribution in [3.8, 4) is 17.1 Å². The number of ether oxygens (including phenoxy) is 3. The lowest BCUT2D eigenvalue weighted by Crippen LogP contribution is -2.09. The van der Waals surface area contributed by atoms with Crippen molar-refractivity contribution in [2.45, 2.75) is 20.1 Å². The summed E-state index contributed by atoms with van der Waals surface area (Å²) in [6, 6.07) is 27.8. The molecule has 0 unspecified atom stereocenters. The van der Waals surface area contributed by atoms with Gasteiger partial charge < -0.3 is 18.6 Å². The van der Waals surface area contributed by atoms with E-state index in [9.17, 15) is 9.59 Å². The Balaban J connectivity index is 1.75. The van der Waals surface area contributed by atoms with E-state index in [0.29, 0.717) is 5.56 Å². The molecule has 1 aromatic heterocycles. The summed E-state index contributed by atoms with van der Waals surface area (Å²) in [7, 11) is 0. The fourth-order valence-electron chi connectivity index (χ4n) is 3.44. The van der Waals surface area contributed by atoms with Gasteiger partial charge in [-0.1, -0.05) is 91.0 Å². The summed E-state index contributed by atoms with van der Waals surface area (Å²) in [5.41, 5.74) is 2.64. The molecule has 6 heteroatoms. The fraction of sp³-hybridized carbons (Fsp3) is 0.143. The van der Waals surface area contributed by atoms with Gasteiger partial charge >= 0.3 is 17.9 Å². The maximum absolute atomic E-state index is 13.3. The molecule has 1 heterocycles. The summed E-state index contributed by atoms with van der Waals surface area (Å²) in [5.74, 6) is -1.55. The van der Waals surface area contributed by atoms with Crippen LogP contribution in [0.15, 0.2) is 95.4 Å². The van der Waals surface area contributed by atoms with Crippen LogP contribution < -0.4 is 4.74 Å². The zero-order valence-corrected chi connectivity index (χ0v) is 18.7. The standard InChI is InChI=1S/C28H24O6/c1-2-31-27(30)25-23(22-16-10-5-11-17-22)24(26(29)32-18-20-12-6-3-7-13-20)28(34-25)33-19-21-14-8-4-9-15-21/h3-17H,2,18-19H2,1H3. The van der Waals surface area contributed by atoms with E-state index >= 15 is 0 Å². The second kappa shape index (κ2) is 11.0. The maximum atomic E-state index is 13.3. The van der Waals surface area contributed by atoms with Gasteiger partial charge in [-0.2, -0.15) is 0 Å². The van der Waals surface area contributed by atoms with Crippen LogP contribution in [0.5, 0.6) is 5.95 Å². The van der Waals surface area contributed by atoms with Crippen LogP contribution in [0.4, 0.5) is 0 Å². The van der Waals surface area contributed by atoms with Crippen molar-refractivity contribution in [1.82, 2.24) is 0 Å². The molecule has 0 aliphatic heterocycles. The van der Waals surface area contributed by atoms with Crippen molar-refractivity contribution in [3.05, 3.63) is 113 Å². The van der Waals surface area contributed by atoms with Crippen LogP contribution in [-0.2, 0) is 22.7 Å². The van der Waals surface area contributed by atoms with Gasteiger partial charge in [-0.15, -0.1) is 0 Å². The summed E-state index contributed by atoms with van der Waals surface area (Å²) in [4.78, 5) is 26.1. The minimum Gasteiger partial charge on any atom is -0.460 e. The lowest BCUT2D eigenvalue weighted by molar-refractivity contribution is 0.0454. The molecule has 0 saturated carbocycles. The van der Waals surface area contributed by atoms with E-state index in [-0.39, 0.29) is 42.7 Å². The molecular formula is C28H24O6. The van der Waals surface area contributed by atoms with E-state index in [2.05, 4.69) is 0 Å². The highest BCUT2D eigenvalue weighted by molar-refractivity contribution is 6.06. The van der Waals surface area contributed by atoms with Crippen molar-refractivity contribution in [1.29, 1.82) is 0 Å². The predicted octanol–water partition coefficient (Wildman–Crippen LogP) is 6.06. The topological polar surface area (TPSA) is 75.0 Å². The summed E-state index contributed by atoms with van der Waals surface area (Å²) in [6.45, 7) is 2.06. The highest BCUT2D eigenvalue weighted by atomic mass is 16.6. The van der Waals surface area contributed by atoms with Gasteiger partial charge in [-0.3, -0.25) is 0 Å². The molecule has 0 N–H and O–H groups in total. The van der Waals surface area contributed by atoms with Crippen LogP contribution in [0.25, 0.3) is 11.1 Å². The third kappa shape index (κ3) is 5.35. The van der Waals surface area contributed by atoms with Crippen LogP contribution in [0.3, 0.4) is 0 Å². The van der Waals surface area contributed by atoms with Crippen LogP contribution in [0.2, 0.25) is 0 Å². The number of hydrogen-bond donors (Lipinski definition) is 0. The molecule has 0 aliphatic rings. The number of furan rings is 1. The Kier molecular flexibility index (Phi) is 7.40. The van der Waals surface area contributed by atoms with E-state index in [4.69, 9.17) is 18.6 Å². The quantitative estimate of drug-likeness (QED) is 0.285. The molecule has 0 atom stereocenters. The summed E-state index contributed by atoms with van der Waals surface area (Å²) in [6.07, 6.45) is 0. The number of hydrogen-bond acceptors (Lipinski definition) is 6. The van der Waals surface area contributed by atoms with Gasteiger partial charge in [-0.25, -0.2) is 9.59 Å². The van der Waals surface area contributed by atoms with Crippen LogP contribution in [-0.4, -0.2) is 18.5 Å². The van der Waals surface area contributed by atoms with Crippen molar-refractivity contribution < 1.29 is 28.2 Å². The van der Waals surface area contributed by atoms with Gasteiger partial charge in [0.2, 0.25) is 5.76 Å². The van der Waals surface area contributed by atoms with E-state index < -0.39 is 11.9 Å². The van der Waals surface area contributed by atoms with Gasteiger partial charge in [-0.05, 0) is 23.6 Å². The van der Waals surface area contributed by atoms with Crippen molar-refractivity contribution >= 4 is 11.9 Å². The molecule has 0 spiro atoms. The van der Waals surface area contributed by atoms with E-state index in [1.165, 1.54) is 0 Å². The first-order valence-corrected chi connectivity index (χ1v) is 10.9. The van der Waals surface area contributed by atoms with Crippen LogP contribution in [0, 0.1) is 0 Å². The molecule has 0 fully saturated rings. The van der Waals surface area contributed by atoms with Gasteiger partial charge in [0, 0.05) is 0 Å². The Labute approximate surface area is 197 Å². The number of esters is 2. The highest BCUT2D eigenvalue weighted by Crippen LogP contribution is 2.39. The molecule has 6 nitrogen and oxygen atoms in total. The molecule has 4 aromatic rings. The Bertz CT molecular complexity index is 1230. The van der Waals surface area contributed by atoms with Crippen LogP contribution in [0.1, 0.15) is 39.0 Å². The number of benzene rings is 3. The van der Waals surface area contributed by atoms with Crippen molar-refractivity contribution in [2.75, 3.05) is 6.61 Å². The van der Waals surface area contributed by atoms with Crippen molar-refractivity contribution in [2.24, 2.45) is 0 Å². The first-order valence-electron chi connectivity index (χ1n) is 10.9. The zero-order valence-electron chi connectivity index (χ0n) is 18.7. The van der Waals surface area contributed by atoms with E-state index in [1.54, 1.807) is 31.2 Å². The number of carbonyl (C=O) groups is 2. The van der Waals surface area contributed by atoms with Crippen molar-refractivity contribution in [3.63, 3.8) is 0 Å². The number of carbonyl (C=O) groups excluding carboxylic acids is 2. The molecule has 0 aliphatic carbocycles. The largest absolute Gasteiger partial charge is 0.460 e. The molecule has 0 radical (unpaired) electrons. The minimum atomic E-state index is -0.687. The first-order chi connectivity index (χ1) is 16.7. The molecule has 0 saturated heterocycles. The maximum Gasteiger partial charge on any atom is 0.375 e. The normalized spacial score (nSPS) is 10.5. The Morgan fingerprint density at radius 1 is 0.706 bits per heavy atom. The number of rotatable bonds is 9. The Morgan fingerprint density at radius 3 is 1.85 bits per heavy atom. The molecule has 0 amide bonds. The predicted molar refractivity (Wildman–Crippen MR) is 126 cm³/mol. The second-order valence-corrected chi connectivity index (χ2v) is 7.39. The molecule has 34 heavy (non-hydrogen) atoms. The summed E-state index contributed by atoms with van der Waals surface area (Å²) in [5, 5.41) is 0. The molecule has 0 bridgehead atoms. The Morgan fingerprint density at radius 2 is 1.26 bits per heavy atom. The SMILES string of the molecule is CCOC(=O)c1oc(OCc2ccccc2)c(C(=O)OCc2ccccc2)c1-c1ccccc1. The zero-order chi connectivity index (χ0) is 23.8. The van der Waals surface area contributed by atoms with Gasteiger partial charge in [0.25, 0.3) is 0 Å². The van der Waals surface area contributed by atoms with E-state index in [1.807, 2.05) is 66.7 Å². The smallest absolute Gasteiger partial charge is 0.375 e. The third-order valence-electron chi connectivity index (χ3n) is 5.03. The molecule has 4 rings (SSSR count). The van der Waals surface area contributed by atoms with E-state index in [0.717, 1.165) is 11.1 Å². The van der Waals surface area contributed by atoms with Gasteiger partial charge in [0.1, 0.15) is 13.2 Å². The average molecular weight is 456 g/mol. The van der Waals surface area contributed by atoms with Crippen LogP contribution >= 0.6 is 0 Å². The highest BCUT2D eigenvalue weighted by Gasteiger charge is 2.33. The lowest BCUT2D eigenvalue weighted by Gasteiger charge is -2.09. The first kappa shape index (κ1) is 22.9. The second-order valence-electron chi connectivity index (χ2n) is 7.39. The monoisotopic (exact) mass is 456 g/mol. The van der Waals surface area contributed by atoms with Gasteiger partial charge in [0.15, 0.2) is 5.56 Å². The third-order valence-corrected chi connectivity index (χ3v) is 5.03. The fourth-order valence-corrected chi connectivity index (χ4v) is 3.44. The van der Waals surface area contributed by atoms with Gasteiger partial charge in [0.05, 0.1) is 12.2 Å². The Hall–Kier alpha value is -4.32. The summed E-state index contributed by atoms with van der Waals surface area (Å²) < 4.78 is 22.5. The average Bonchev–Trinajstić information content (AvgIpc) is 3.28. The lowest BCUT2D eigenvalue weighted by atomic mass is 10.0. The molecular weight excluding hydrogens is 432 g/mol.